The average Bonchev–Trinajstić information content (AvgIpc) is 2.56. The van der Waals surface area contributed by atoms with E-state index >= 15 is 0 Å². The molecule has 0 saturated heterocycles. The molecule has 0 atom stereocenters. The van der Waals surface area contributed by atoms with Gasteiger partial charge in [-0.25, -0.2) is 0 Å². The Morgan fingerprint density at radius 2 is 1.79 bits per heavy atom. The molecule has 0 aliphatic heterocycles. The summed E-state index contributed by atoms with van der Waals surface area (Å²) in [4.78, 5) is 3.77. The summed E-state index contributed by atoms with van der Waals surface area (Å²) in [5, 5.41) is 12.7. The Labute approximate surface area is 147 Å². The van der Waals surface area contributed by atoms with Crippen molar-refractivity contribution in [3.63, 3.8) is 0 Å². The number of rotatable bonds is 4. The molecule has 4 nitrogen and oxygen atoms in total. The Morgan fingerprint density at radius 3 is 2.54 bits per heavy atom. The number of halogens is 1. The number of para-hydroxylation sites is 1. The van der Waals surface area contributed by atoms with Crippen LogP contribution in [0.1, 0.15) is 12.5 Å². The van der Waals surface area contributed by atoms with Crippen molar-refractivity contribution in [2.75, 3.05) is 6.54 Å². The summed E-state index contributed by atoms with van der Waals surface area (Å²) >= 11 is 0. The SMILES string of the molecule is CCN=C([O-])Oc1cccc2ccc[n+](Cc3ccccc3)c12.Cl. The zero-order chi connectivity index (χ0) is 16.1. The Morgan fingerprint density at radius 1 is 1.04 bits per heavy atom. The minimum Gasteiger partial charge on any atom is -0.560 e. The van der Waals surface area contributed by atoms with E-state index in [1.165, 1.54) is 5.56 Å². The van der Waals surface area contributed by atoms with Crippen LogP contribution < -0.4 is 14.4 Å². The van der Waals surface area contributed by atoms with Crippen LogP contribution in [-0.2, 0) is 6.54 Å². The average molecular weight is 343 g/mol. The number of hydrogen-bond acceptors (Lipinski definition) is 3. The molecule has 0 saturated carbocycles. The van der Waals surface area contributed by atoms with E-state index in [1.54, 1.807) is 13.0 Å². The normalized spacial score (nSPS) is 11.1. The molecule has 2 aromatic carbocycles. The van der Waals surface area contributed by atoms with Gasteiger partial charge in [0.25, 0.3) is 0 Å². The topological polar surface area (TPSA) is 48.5 Å². The third kappa shape index (κ3) is 4.03. The van der Waals surface area contributed by atoms with E-state index in [0.29, 0.717) is 18.8 Å². The van der Waals surface area contributed by atoms with Crippen molar-refractivity contribution in [3.05, 3.63) is 72.4 Å². The summed E-state index contributed by atoms with van der Waals surface area (Å²) in [7, 11) is 0. The van der Waals surface area contributed by atoms with Crippen LogP contribution in [-0.4, -0.2) is 12.6 Å². The first-order valence-corrected chi connectivity index (χ1v) is 7.62. The van der Waals surface area contributed by atoms with Gasteiger partial charge in [-0.3, -0.25) is 4.99 Å². The lowest BCUT2D eigenvalue weighted by atomic mass is 10.1. The highest BCUT2D eigenvalue weighted by atomic mass is 35.5. The molecule has 0 unspecified atom stereocenters. The number of hydrogen-bond donors (Lipinski definition) is 0. The zero-order valence-electron chi connectivity index (χ0n) is 13.4. The maximum Gasteiger partial charge on any atom is 0.227 e. The molecule has 0 amide bonds. The molecule has 0 aliphatic carbocycles. The molecule has 0 bridgehead atoms. The Bertz CT molecular complexity index is 830. The van der Waals surface area contributed by atoms with Gasteiger partial charge < -0.3 is 9.84 Å². The molecule has 0 fully saturated rings. The number of ether oxygens (including phenoxy) is 1. The van der Waals surface area contributed by atoms with E-state index in [0.717, 1.165) is 10.9 Å². The molecule has 0 spiro atoms. The second-order valence-electron chi connectivity index (χ2n) is 5.16. The molecule has 24 heavy (non-hydrogen) atoms. The Kier molecular flexibility index (Phi) is 6.15. The molecule has 1 aromatic heterocycles. The Hall–Kier alpha value is -2.59. The highest BCUT2D eigenvalue weighted by Crippen LogP contribution is 2.22. The first kappa shape index (κ1) is 17.8. The van der Waals surface area contributed by atoms with Crippen LogP contribution in [0.4, 0.5) is 0 Å². The fraction of sp³-hybridized carbons (Fsp3) is 0.158. The second-order valence-corrected chi connectivity index (χ2v) is 5.16. The largest absolute Gasteiger partial charge is 0.560 e. The number of aliphatic imine (C=N–C) groups is 1. The molecule has 3 aromatic rings. The van der Waals surface area contributed by atoms with Crippen molar-refractivity contribution >= 4 is 29.4 Å². The van der Waals surface area contributed by atoms with Gasteiger partial charge in [0, 0.05) is 23.6 Å². The smallest absolute Gasteiger partial charge is 0.227 e. The fourth-order valence-corrected chi connectivity index (χ4v) is 2.56. The number of fused-ring (bicyclic) bond motifs is 1. The summed E-state index contributed by atoms with van der Waals surface area (Å²) in [5.41, 5.74) is 2.07. The molecule has 124 valence electrons. The van der Waals surface area contributed by atoms with Crippen molar-refractivity contribution in [2.24, 2.45) is 4.99 Å². The van der Waals surface area contributed by atoms with Crippen molar-refractivity contribution in [3.8, 4) is 5.75 Å². The zero-order valence-corrected chi connectivity index (χ0v) is 14.2. The molecule has 1 heterocycles. The van der Waals surface area contributed by atoms with Gasteiger partial charge in [-0.15, -0.1) is 12.4 Å². The van der Waals surface area contributed by atoms with Gasteiger partial charge in [-0.1, -0.05) is 36.4 Å². The van der Waals surface area contributed by atoms with E-state index in [2.05, 4.69) is 21.7 Å². The van der Waals surface area contributed by atoms with E-state index in [1.807, 2.05) is 48.7 Å². The van der Waals surface area contributed by atoms with Crippen LogP contribution in [0, 0.1) is 0 Å². The second kappa shape index (κ2) is 8.31. The van der Waals surface area contributed by atoms with E-state index < -0.39 is 6.08 Å². The van der Waals surface area contributed by atoms with Gasteiger partial charge in [-0.2, -0.15) is 4.57 Å². The van der Waals surface area contributed by atoms with Crippen molar-refractivity contribution < 1.29 is 14.4 Å². The molecule has 0 radical (unpaired) electrons. The van der Waals surface area contributed by atoms with Crippen molar-refractivity contribution in [2.45, 2.75) is 13.5 Å². The fourth-order valence-electron chi connectivity index (χ4n) is 2.56. The predicted molar refractivity (Wildman–Crippen MR) is 95.5 cm³/mol. The lowest BCUT2D eigenvalue weighted by molar-refractivity contribution is -0.662. The number of aromatic nitrogens is 1. The molecule has 0 aliphatic rings. The third-order valence-electron chi connectivity index (χ3n) is 3.54. The number of nitrogens with zero attached hydrogens (tertiary/aromatic N) is 2. The van der Waals surface area contributed by atoms with E-state index in [4.69, 9.17) is 4.74 Å². The quantitative estimate of drug-likeness (QED) is 0.416. The monoisotopic (exact) mass is 342 g/mol. The highest BCUT2D eigenvalue weighted by Gasteiger charge is 2.12. The van der Waals surface area contributed by atoms with Crippen LogP contribution in [0.5, 0.6) is 5.75 Å². The standard InChI is InChI=1S/C19H18N2O2.ClH/c1-2-20-19(22)23-17-12-6-10-16-11-7-13-21(18(16)17)14-15-8-4-3-5-9-15;/h3-13H,2,14H2,1H3;1H. The minimum absolute atomic E-state index is 0. The first-order chi connectivity index (χ1) is 11.3. The summed E-state index contributed by atoms with van der Waals surface area (Å²) in [6, 6.07) is 19.9. The molecular formula is C19H19ClN2O2. The number of pyridine rings is 1. The maximum absolute atomic E-state index is 11.7. The predicted octanol–water partition coefficient (Wildman–Crippen LogP) is 2.71. The van der Waals surface area contributed by atoms with Gasteiger partial charge in [0.2, 0.25) is 5.52 Å². The number of benzene rings is 2. The third-order valence-corrected chi connectivity index (χ3v) is 3.54. The van der Waals surface area contributed by atoms with E-state index in [9.17, 15) is 5.11 Å². The highest BCUT2D eigenvalue weighted by molar-refractivity contribution is 5.85. The lowest BCUT2D eigenvalue weighted by Gasteiger charge is -2.15. The van der Waals surface area contributed by atoms with Crippen LogP contribution in [0.3, 0.4) is 0 Å². The van der Waals surface area contributed by atoms with Gasteiger partial charge in [0.05, 0.1) is 5.75 Å². The lowest BCUT2D eigenvalue weighted by Crippen LogP contribution is -2.35. The summed E-state index contributed by atoms with van der Waals surface area (Å²) in [6.45, 7) is 2.92. The first-order valence-electron chi connectivity index (χ1n) is 7.62. The van der Waals surface area contributed by atoms with Gasteiger partial charge >= 0.3 is 0 Å². The molecule has 5 heteroatoms. The Balaban J connectivity index is 0.00000208. The summed E-state index contributed by atoms with van der Waals surface area (Å²) in [5.74, 6) is 0.529. The van der Waals surface area contributed by atoms with Crippen LogP contribution in [0.15, 0.2) is 71.9 Å². The van der Waals surface area contributed by atoms with Crippen molar-refractivity contribution in [1.29, 1.82) is 0 Å². The minimum atomic E-state index is -0.560. The van der Waals surface area contributed by atoms with Gasteiger partial charge in [-0.05, 0) is 25.1 Å². The van der Waals surface area contributed by atoms with Gasteiger partial charge in [0.15, 0.2) is 12.7 Å². The van der Waals surface area contributed by atoms with Crippen molar-refractivity contribution in [1.82, 2.24) is 0 Å². The van der Waals surface area contributed by atoms with Crippen LogP contribution in [0.25, 0.3) is 10.9 Å². The van der Waals surface area contributed by atoms with E-state index in [-0.39, 0.29) is 12.4 Å². The molecule has 3 rings (SSSR count). The molecule has 0 N–H and O–H groups in total. The van der Waals surface area contributed by atoms with Crippen LogP contribution >= 0.6 is 12.4 Å². The summed E-state index contributed by atoms with van der Waals surface area (Å²) < 4.78 is 7.50. The maximum atomic E-state index is 11.7. The van der Waals surface area contributed by atoms with Gasteiger partial charge in [0.1, 0.15) is 6.08 Å². The van der Waals surface area contributed by atoms with Crippen LogP contribution in [0.2, 0.25) is 0 Å². The molecular weight excluding hydrogens is 324 g/mol. The summed E-state index contributed by atoms with van der Waals surface area (Å²) in [6.07, 6.45) is 1.43.